The van der Waals surface area contributed by atoms with Crippen molar-refractivity contribution in [2.75, 3.05) is 6.54 Å². The van der Waals surface area contributed by atoms with Crippen molar-refractivity contribution in [2.24, 2.45) is 0 Å². The predicted octanol–water partition coefficient (Wildman–Crippen LogP) is 3.90. The first-order valence-corrected chi connectivity index (χ1v) is 7.82. The zero-order valence-corrected chi connectivity index (χ0v) is 13.1. The van der Waals surface area contributed by atoms with E-state index in [1.54, 1.807) is 24.3 Å². The largest absolute Gasteiger partial charge is 0.521 e. The summed E-state index contributed by atoms with van der Waals surface area (Å²) in [6.07, 6.45) is -0.376. The number of nitrogens with zero attached hydrogens (tertiary/aromatic N) is 1. The van der Waals surface area contributed by atoms with Gasteiger partial charge in [0.15, 0.2) is 0 Å². The van der Waals surface area contributed by atoms with Crippen molar-refractivity contribution >= 4 is 12.0 Å². The van der Waals surface area contributed by atoms with Crippen molar-refractivity contribution in [3.63, 3.8) is 0 Å². The maximum Gasteiger partial charge on any atom is 0.521 e. The van der Waals surface area contributed by atoms with Gasteiger partial charge in [0, 0.05) is 12.3 Å². The third-order valence-corrected chi connectivity index (χ3v) is 4.88. The van der Waals surface area contributed by atoms with Gasteiger partial charge in [-0.3, -0.25) is 0 Å². The molecule has 1 heterocycles. The van der Waals surface area contributed by atoms with Crippen LogP contribution in [0.4, 0.5) is 4.79 Å². The summed E-state index contributed by atoms with van der Waals surface area (Å²) in [5.41, 5.74) is 1.55. The quantitative estimate of drug-likeness (QED) is 0.856. The molecular formula is C19H20NO3+. The summed E-state index contributed by atoms with van der Waals surface area (Å²) in [7, 11) is 0. The number of carboxylic acid groups (broad SMARTS) is 1. The fraction of sp³-hybridized carbons (Fsp3) is 0.263. The molecule has 0 aliphatic carbocycles. The van der Waals surface area contributed by atoms with E-state index in [9.17, 15) is 14.7 Å². The molecule has 4 nitrogen and oxygen atoms in total. The van der Waals surface area contributed by atoms with Crippen molar-refractivity contribution < 1.29 is 19.2 Å². The van der Waals surface area contributed by atoms with Crippen LogP contribution in [-0.4, -0.2) is 34.2 Å². The molecule has 0 saturated carbocycles. The minimum Gasteiger partial charge on any atom is -0.435 e. The molecule has 2 amide bonds. The summed E-state index contributed by atoms with van der Waals surface area (Å²) >= 11 is 0. The zero-order valence-electron chi connectivity index (χ0n) is 13.1. The standard InChI is InChI=1S/C19H19NO3/c1-14-12-17(15-8-4-2-5-9-15)13-20(14,19(22)23)18(21)16-10-6-3-7-11-16/h2-11,14,17H,12-13H2,1H3/p+1/t14-,17+,20-/m1/s1. The molecule has 0 aromatic heterocycles. The molecular weight excluding hydrogens is 290 g/mol. The van der Waals surface area contributed by atoms with Gasteiger partial charge in [0.2, 0.25) is 0 Å². The molecule has 2 aromatic carbocycles. The number of carbonyl (C=O) groups is 2. The van der Waals surface area contributed by atoms with Crippen molar-refractivity contribution in [1.29, 1.82) is 0 Å². The van der Waals surface area contributed by atoms with Crippen LogP contribution in [0.1, 0.15) is 35.2 Å². The molecule has 1 aliphatic heterocycles. The first-order valence-electron chi connectivity index (χ1n) is 7.82. The number of hydrogen-bond donors (Lipinski definition) is 1. The number of amides is 2. The van der Waals surface area contributed by atoms with E-state index in [0.717, 1.165) is 5.56 Å². The second-order valence-corrected chi connectivity index (χ2v) is 6.20. The molecule has 1 aliphatic rings. The number of hydrogen-bond acceptors (Lipinski definition) is 2. The van der Waals surface area contributed by atoms with Gasteiger partial charge < -0.3 is 5.11 Å². The van der Waals surface area contributed by atoms with E-state index in [0.29, 0.717) is 18.5 Å². The van der Waals surface area contributed by atoms with Crippen LogP contribution in [0.15, 0.2) is 60.7 Å². The minimum absolute atomic E-state index is 0.0787. The highest BCUT2D eigenvalue weighted by molar-refractivity contribution is 5.94. The number of likely N-dealkylation sites (tertiary alicyclic amines) is 1. The summed E-state index contributed by atoms with van der Waals surface area (Å²) < 4.78 is -0.524. The maximum atomic E-state index is 13.0. The second-order valence-electron chi connectivity index (χ2n) is 6.20. The Labute approximate surface area is 135 Å². The van der Waals surface area contributed by atoms with Crippen molar-refractivity contribution in [1.82, 2.24) is 0 Å². The van der Waals surface area contributed by atoms with E-state index >= 15 is 0 Å². The molecule has 0 unspecified atom stereocenters. The Morgan fingerprint density at radius 1 is 1.00 bits per heavy atom. The lowest BCUT2D eigenvalue weighted by molar-refractivity contribution is -0.786. The number of imide groups is 1. The fourth-order valence-electron chi connectivity index (χ4n) is 3.61. The van der Waals surface area contributed by atoms with Crippen LogP contribution in [0.25, 0.3) is 0 Å². The van der Waals surface area contributed by atoms with Crippen LogP contribution >= 0.6 is 0 Å². The molecule has 1 fully saturated rings. The van der Waals surface area contributed by atoms with Crippen LogP contribution < -0.4 is 0 Å². The first-order chi connectivity index (χ1) is 11.1. The van der Waals surface area contributed by atoms with E-state index in [1.165, 1.54) is 0 Å². The van der Waals surface area contributed by atoms with Crippen LogP contribution in [0.3, 0.4) is 0 Å². The van der Waals surface area contributed by atoms with E-state index in [1.807, 2.05) is 43.3 Å². The highest BCUT2D eigenvalue weighted by Gasteiger charge is 2.56. The normalized spacial score (nSPS) is 26.8. The molecule has 118 valence electrons. The molecule has 23 heavy (non-hydrogen) atoms. The molecule has 0 radical (unpaired) electrons. The van der Waals surface area contributed by atoms with Gasteiger partial charge in [-0.15, -0.1) is 0 Å². The van der Waals surface area contributed by atoms with E-state index in [4.69, 9.17) is 0 Å². The van der Waals surface area contributed by atoms with Gasteiger partial charge in [0.05, 0.1) is 5.56 Å². The minimum atomic E-state index is -1.07. The van der Waals surface area contributed by atoms with E-state index in [-0.39, 0.29) is 17.9 Å². The van der Waals surface area contributed by atoms with Gasteiger partial charge in [-0.2, -0.15) is 9.28 Å². The van der Waals surface area contributed by atoms with Gasteiger partial charge in [0.25, 0.3) is 0 Å². The highest BCUT2D eigenvalue weighted by Crippen LogP contribution is 2.39. The third-order valence-electron chi connectivity index (χ3n) is 4.88. The summed E-state index contributed by atoms with van der Waals surface area (Å²) in [6.45, 7) is 2.16. The summed E-state index contributed by atoms with van der Waals surface area (Å²) in [5, 5.41) is 9.88. The average molecular weight is 310 g/mol. The van der Waals surface area contributed by atoms with Crippen LogP contribution in [0, 0.1) is 0 Å². The lowest BCUT2D eigenvalue weighted by Gasteiger charge is -2.29. The highest BCUT2D eigenvalue weighted by atomic mass is 16.4. The second kappa shape index (κ2) is 5.97. The van der Waals surface area contributed by atoms with E-state index in [2.05, 4.69) is 0 Å². The number of carbonyl (C=O) groups excluding carboxylic acids is 1. The van der Waals surface area contributed by atoms with Gasteiger partial charge in [-0.25, -0.2) is 4.79 Å². The SMILES string of the molecule is C[C@@H]1C[C@H](c2ccccc2)C[N@+]1(C(=O)O)C(=O)c1ccccc1. The molecule has 2 aromatic rings. The summed E-state index contributed by atoms with van der Waals surface area (Å²) in [6, 6.07) is 18.3. The molecule has 3 atom stereocenters. The smallest absolute Gasteiger partial charge is 0.435 e. The molecule has 0 bridgehead atoms. The zero-order chi connectivity index (χ0) is 16.4. The molecule has 1 saturated heterocycles. The predicted molar refractivity (Wildman–Crippen MR) is 87.2 cm³/mol. The molecule has 1 N–H and O–H groups in total. The average Bonchev–Trinajstić information content (AvgIpc) is 2.94. The topological polar surface area (TPSA) is 54.4 Å². The summed E-state index contributed by atoms with van der Waals surface area (Å²) in [4.78, 5) is 25.1. The van der Waals surface area contributed by atoms with Gasteiger partial charge in [0.1, 0.15) is 12.6 Å². The Balaban J connectivity index is 1.99. The van der Waals surface area contributed by atoms with E-state index < -0.39 is 10.6 Å². The Hall–Kier alpha value is -2.46. The fourth-order valence-corrected chi connectivity index (χ4v) is 3.61. The third kappa shape index (κ3) is 2.55. The Bertz CT molecular complexity index is 714. The number of quaternary nitrogens is 1. The van der Waals surface area contributed by atoms with Gasteiger partial charge in [-0.1, -0.05) is 48.5 Å². The summed E-state index contributed by atoms with van der Waals surface area (Å²) in [5.74, 6) is -0.251. The van der Waals surface area contributed by atoms with Crippen LogP contribution in [0.5, 0.6) is 0 Å². The maximum absolute atomic E-state index is 13.0. The molecule has 4 heteroatoms. The van der Waals surface area contributed by atoms with Crippen LogP contribution in [0.2, 0.25) is 0 Å². The Kier molecular flexibility index (Phi) is 4.01. The van der Waals surface area contributed by atoms with Gasteiger partial charge in [-0.05, 0) is 24.6 Å². The van der Waals surface area contributed by atoms with Gasteiger partial charge >= 0.3 is 12.0 Å². The van der Waals surface area contributed by atoms with Crippen molar-refractivity contribution in [3.05, 3.63) is 71.8 Å². The van der Waals surface area contributed by atoms with Crippen molar-refractivity contribution in [3.8, 4) is 0 Å². The molecule has 3 rings (SSSR count). The lowest BCUT2D eigenvalue weighted by Crippen LogP contribution is -2.58. The monoisotopic (exact) mass is 310 g/mol. The van der Waals surface area contributed by atoms with Crippen LogP contribution in [-0.2, 0) is 0 Å². The lowest BCUT2D eigenvalue weighted by atomic mass is 9.97. The van der Waals surface area contributed by atoms with Crippen molar-refractivity contribution in [2.45, 2.75) is 25.3 Å². The Morgan fingerprint density at radius 2 is 1.57 bits per heavy atom. The Morgan fingerprint density at radius 3 is 2.13 bits per heavy atom. The number of rotatable bonds is 2. The first kappa shape index (κ1) is 15.4. The number of benzene rings is 2. The molecule has 0 spiro atoms.